The maximum atomic E-state index is 14.1. The first-order chi connectivity index (χ1) is 20.2. The molecule has 3 aromatic carbocycles. The van der Waals surface area contributed by atoms with Crippen LogP contribution in [0.2, 0.25) is 0 Å². The molecule has 10 nitrogen and oxygen atoms in total. The van der Waals surface area contributed by atoms with Gasteiger partial charge in [-0.15, -0.1) is 0 Å². The molecule has 42 heavy (non-hydrogen) atoms. The Hall–Kier alpha value is -4.25. The molecular formula is C31H39N3O7S. The summed E-state index contributed by atoms with van der Waals surface area (Å²) < 4.78 is 45.4. The van der Waals surface area contributed by atoms with E-state index in [4.69, 9.17) is 14.2 Å². The topological polar surface area (TPSA) is 114 Å². The summed E-state index contributed by atoms with van der Waals surface area (Å²) in [7, 11) is -1.42. The standard InChI is InChI=1S/C31H39N3O7S/c1-6-19-32-31(36)23(3)33(21-24-11-9-8-10-12-24)30(35)22-34(25-13-15-26(16-14-25)41-7-2)42(37,38)27-17-18-28(39-4)29(20-27)40-5/h8-18,20,23H,6-7,19,21-22H2,1-5H3,(H,32,36). The van der Waals surface area contributed by atoms with E-state index in [2.05, 4.69) is 5.32 Å². The monoisotopic (exact) mass is 597 g/mol. The van der Waals surface area contributed by atoms with Crippen molar-refractivity contribution in [1.29, 1.82) is 0 Å². The number of carbonyl (C=O) groups is 2. The number of rotatable bonds is 15. The number of anilines is 1. The number of benzene rings is 3. The van der Waals surface area contributed by atoms with E-state index >= 15 is 0 Å². The van der Waals surface area contributed by atoms with Gasteiger partial charge in [0.25, 0.3) is 10.0 Å². The zero-order chi connectivity index (χ0) is 30.7. The van der Waals surface area contributed by atoms with Crippen LogP contribution in [0.5, 0.6) is 17.2 Å². The summed E-state index contributed by atoms with van der Waals surface area (Å²) in [5.74, 6) is 0.278. The number of carbonyl (C=O) groups excluding carboxylic acids is 2. The second-order valence-corrected chi connectivity index (χ2v) is 11.3. The van der Waals surface area contributed by atoms with Gasteiger partial charge in [0, 0.05) is 19.2 Å². The van der Waals surface area contributed by atoms with Crippen molar-refractivity contribution < 1.29 is 32.2 Å². The highest BCUT2D eigenvalue weighted by atomic mass is 32.2. The van der Waals surface area contributed by atoms with Crippen molar-refractivity contribution in [3.05, 3.63) is 78.4 Å². The molecule has 0 radical (unpaired) electrons. The minimum Gasteiger partial charge on any atom is -0.494 e. The molecule has 11 heteroatoms. The summed E-state index contributed by atoms with van der Waals surface area (Å²) in [6.45, 7) is 5.89. The second-order valence-electron chi connectivity index (χ2n) is 9.43. The Morgan fingerprint density at radius 3 is 2.17 bits per heavy atom. The van der Waals surface area contributed by atoms with Crippen LogP contribution in [-0.4, -0.2) is 65.1 Å². The van der Waals surface area contributed by atoms with Gasteiger partial charge < -0.3 is 24.4 Å². The van der Waals surface area contributed by atoms with Gasteiger partial charge in [0.05, 0.1) is 31.4 Å². The Morgan fingerprint density at radius 2 is 1.57 bits per heavy atom. The predicted octanol–water partition coefficient (Wildman–Crippen LogP) is 4.24. The van der Waals surface area contributed by atoms with Gasteiger partial charge in [-0.2, -0.15) is 0 Å². The minimum atomic E-state index is -4.29. The van der Waals surface area contributed by atoms with Gasteiger partial charge >= 0.3 is 0 Å². The number of amides is 2. The molecule has 1 atom stereocenters. The van der Waals surface area contributed by atoms with Crippen LogP contribution < -0.4 is 23.8 Å². The SMILES string of the molecule is CCCNC(=O)C(C)N(Cc1ccccc1)C(=O)CN(c1ccc(OCC)cc1)S(=O)(=O)c1ccc(OC)c(OC)c1. The molecule has 3 aromatic rings. The molecule has 0 spiro atoms. The van der Waals surface area contributed by atoms with E-state index in [1.54, 1.807) is 31.2 Å². The van der Waals surface area contributed by atoms with Gasteiger partial charge in [-0.25, -0.2) is 8.42 Å². The average molecular weight is 598 g/mol. The van der Waals surface area contributed by atoms with Gasteiger partial charge in [0.2, 0.25) is 11.8 Å². The van der Waals surface area contributed by atoms with Gasteiger partial charge in [0.15, 0.2) is 11.5 Å². The summed E-state index contributed by atoms with van der Waals surface area (Å²) >= 11 is 0. The van der Waals surface area contributed by atoms with Crippen LogP contribution in [0.3, 0.4) is 0 Å². The highest BCUT2D eigenvalue weighted by Crippen LogP contribution is 2.33. The summed E-state index contributed by atoms with van der Waals surface area (Å²) in [5.41, 5.74) is 1.06. The molecule has 0 saturated carbocycles. The van der Waals surface area contributed by atoms with Crippen molar-refractivity contribution in [1.82, 2.24) is 10.2 Å². The molecule has 0 fully saturated rings. The zero-order valence-corrected chi connectivity index (χ0v) is 25.5. The lowest BCUT2D eigenvalue weighted by atomic mass is 10.1. The molecule has 0 saturated heterocycles. The molecule has 0 heterocycles. The van der Waals surface area contributed by atoms with E-state index in [1.165, 1.54) is 37.3 Å². The first-order valence-electron chi connectivity index (χ1n) is 13.7. The van der Waals surface area contributed by atoms with Crippen molar-refractivity contribution >= 4 is 27.5 Å². The first kappa shape index (κ1) is 32.3. The number of sulfonamides is 1. The maximum Gasteiger partial charge on any atom is 0.264 e. The summed E-state index contributed by atoms with van der Waals surface area (Å²) in [6.07, 6.45) is 0.736. The van der Waals surface area contributed by atoms with Crippen LogP contribution in [0.1, 0.15) is 32.8 Å². The molecule has 1 N–H and O–H groups in total. The van der Waals surface area contributed by atoms with Crippen LogP contribution in [-0.2, 0) is 26.2 Å². The molecule has 3 rings (SSSR count). The largest absolute Gasteiger partial charge is 0.494 e. The normalized spacial score (nSPS) is 11.7. The van der Waals surface area contributed by atoms with Gasteiger partial charge in [-0.3, -0.25) is 13.9 Å². The van der Waals surface area contributed by atoms with Crippen LogP contribution in [0.25, 0.3) is 0 Å². The van der Waals surface area contributed by atoms with E-state index in [-0.39, 0.29) is 28.8 Å². The third-order valence-corrected chi connectivity index (χ3v) is 8.34. The first-order valence-corrected chi connectivity index (χ1v) is 15.2. The van der Waals surface area contributed by atoms with Gasteiger partial charge in [-0.05, 0) is 62.2 Å². The number of hydrogen-bond acceptors (Lipinski definition) is 7. The molecule has 0 aliphatic rings. The van der Waals surface area contributed by atoms with E-state index in [1.807, 2.05) is 44.2 Å². The molecule has 0 aromatic heterocycles. The zero-order valence-electron chi connectivity index (χ0n) is 24.7. The molecular weight excluding hydrogens is 558 g/mol. The Morgan fingerprint density at radius 1 is 0.905 bits per heavy atom. The van der Waals surface area contributed by atoms with E-state index in [0.717, 1.165) is 16.3 Å². The third kappa shape index (κ3) is 7.94. The number of ether oxygens (including phenoxy) is 3. The average Bonchev–Trinajstić information content (AvgIpc) is 3.01. The highest BCUT2D eigenvalue weighted by molar-refractivity contribution is 7.92. The van der Waals surface area contributed by atoms with Gasteiger partial charge in [-0.1, -0.05) is 37.3 Å². The minimum absolute atomic E-state index is 0.0924. The summed E-state index contributed by atoms with van der Waals surface area (Å²) in [6, 6.07) is 19.1. The second kappa shape index (κ2) is 15.1. The number of methoxy groups -OCH3 is 2. The van der Waals surface area contributed by atoms with Crippen molar-refractivity contribution in [3.8, 4) is 17.2 Å². The molecule has 0 bridgehead atoms. The smallest absolute Gasteiger partial charge is 0.264 e. The Bertz CT molecular complexity index is 1430. The van der Waals surface area contributed by atoms with Crippen LogP contribution >= 0.6 is 0 Å². The Balaban J connectivity index is 2.06. The molecule has 2 amide bonds. The highest BCUT2D eigenvalue weighted by Gasteiger charge is 2.33. The number of nitrogens with one attached hydrogen (secondary N) is 1. The molecule has 0 aliphatic heterocycles. The molecule has 0 aliphatic carbocycles. The lowest BCUT2D eigenvalue weighted by Crippen LogP contribution is -2.51. The number of hydrogen-bond donors (Lipinski definition) is 1. The fourth-order valence-corrected chi connectivity index (χ4v) is 5.70. The summed E-state index contributed by atoms with van der Waals surface area (Å²) in [4.78, 5) is 28.3. The van der Waals surface area contributed by atoms with Crippen LogP contribution in [0.4, 0.5) is 5.69 Å². The third-order valence-electron chi connectivity index (χ3n) is 6.57. The van der Waals surface area contributed by atoms with Crippen molar-refractivity contribution in [2.75, 3.05) is 38.2 Å². The van der Waals surface area contributed by atoms with Crippen molar-refractivity contribution in [2.24, 2.45) is 0 Å². The molecule has 226 valence electrons. The lowest BCUT2D eigenvalue weighted by molar-refractivity contribution is -0.139. The Labute approximate surface area is 248 Å². The van der Waals surface area contributed by atoms with E-state index < -0.39 is 28.5 Å². The predicted molar refractivity (Wildman–Crippen MR) is 161 cm³/mol. The fraction of sp³-hybridized carbons (Fsp3) is 0.355. The number of nitrogens with zero attached hydrogens (tertiary/aromatic N) is 2. The fourth-order valence-electron chi connectivity index (χ4n) is 4.27. The summed E-state index contributed by atoms with van der Waals surface area (Å²) in [5, 5.41) is 2.83. The van der Waals surface area contributed by atoms with Crippen LogP contribution in [0.15, 0.2) is 77.7 Å². The quantitative estimate of drug-likeness (QED) is 0.279. The van der Waals surface area contributed by atoms with Crippen molar-refractivity contribution in [3.63, 3.8) is 0 Å². The maximum absolute atomic E-state index is 14.1. The van der Waals surface area contributed by atoms with Crippen LogP contribution in [0, 0.1) is 0 Å². The van der Waals surface area contributed by atoms with E-state index in [9.17, 15) is 18.0 Å². The van der Waals surface area contributed by atoms with Crippen molar-refractivity contribution in [2.45, 2.75) is 44.7 Å². The van der Waals surface area contributed by atoms with Gasteiger partial charge in [0.1, 0.15) is 18.3 Å². The molecule has 1 unspecified atom stereocenters. The Kier molecular flexibility index (Phi) is 11.6. The van der Waals surface area contributed by atoms with E-state index in [0.29, 0.717) is 24.7 Å². The lowest BCUT2D eigenvalue weighted by Gasteiger charge is -2.32.